The van der Waals surface area contributed by atoms with E-state index in [-0.39, 0.29) is 25.0 Å². The van der Waals surface area contributed by atoms with Crippen LogP contribution in [0, 0.1) is 5.92 Å². The zero-order chi connectivity index (χ0) is 15.3. The number of amides is 2. The predicted molar refractivity (Wildman–Crippen MR) is 80.9 cm³/mol. The summed E-state index contributed by atoms with van der Waals surface area (Å²) in [4.78, 5) is 13.9. The smallest absolute Gasteiger partial charge is 0.317 e. The van der Waals surface area contributed by atoms with Gasteiger partial charge in [0.15, 0.2) is 5.67 Å². The Morgan fingerprint density at radius 3 is 2.71 bits per heavy atom. The summed E-state index contributed by atoms with van der Waals surface area (Å²) in [6.45, 7) is 2.04. The highest BCUT2D eigenvalue weighted by atomic mass is 19.1. The Hall–Kier alpha value is -0.840. The van der Waals surface area contributed by atoms with Gasteiger partial charge in [-0.3, -0.25) is 0 Å². The first kappa shape index (κ1) is 16.5. The Morgan fingerprint density at radius 2 is 2.14 bits per heavy atom. The van der Waals surface area contributed by atoms with Crippen LogP contribution in [0.15, 0.2) is 0 Å². The number of aliphatic hydroxyl groups excluding tert-OH is 1. The highest BCUT2D eigenvalue weighted by molar-refractivity contribution is 5.75. The number of carbonyl (C=O) groups is 1. The molecule has 1 saturated heterocycles. The fraction of sp³-hybridized carbons (Fsp3) is 0.938. The van der Waals surface area contributed by atoms with Crippen LogP contribution in [0.4, 0.5) is 9.18 Å². The molecule has 4 nitrogen and oxygen atoms in total. The molecule has 5 heteroatoms. The van der Waals surface area contributed by atoms with Crippen LogP contribution in [-0.2, 0) is 0 Å². The molecular weight excluding hydrogens is 271 g/mol. The Morgan fingerprint density at radius 1 is 1.43 bits per heavy atom. The molecule has 21 heavy (non-hydrogen) atoms. The van der Waals surface area contributed by atoms with Crippen LogP contribution in [0.3, 0.4) is 0 Å². The lowest BCUT2D eigenvalue weighted by molar-refractivity contribution is 0.0800. The molecular formula is C16H29FN2O2. The van der Waals surface area contributed by atoms with Gasteiger partial charge < -0.3 is 15.3 Å². The van der Waals surface area contributed by atoms with Gasteiger partial charge in [0.25, 0.3) is 0 Å². The summed E-state index contributed by atoms with van der Waals surface area (Å²) in [7, 11) is 0. The quantitative estimate of drug-likeness (QED) is 0.820. The zero-order valence-corrected chi connectivity index (χ0v) is 13.1. The van der Waals surface area contributed by atoms with Crippen molar-refractivity contribution < 1.29 is 14.3 Å². The van der Waals surface area contributed by atoms with E-state index in [1.165, 1.54) is 37.0 Å². The van der Waals surface area contributed by atoms with Crippen LogP contribution in [0.25, 0.3) is 0 Å². The third kappa shape index (κ3) is 4.31. The summed E-state index contributed by atoms with van der Waals surface area (Å²) < 4.78 is 14.0. The highest BCUT2D eigenvalue weighted by Crippen LogP contribution is 2.29. The molecule has 1 heterocycles. The van der Waals surface area contributed by atoms with Gasteiger partial charge in [-0.25, -0.2) is 9.18 Å². The average Bonchev–Trinajstić information content (AvgIpc) is 2.91. The molecule has 1 aliphatic carbocycles. The SMILES string of the molecule is CCC[C@H](NC(=O)N1CC[C@](F)(CO)C1)C1CCCCC1. The van der Waals surface area contributed by atoms with Gasteiger partial charge in [0.1, 0.15) is 0 Å². The summed E-state index contributed by atoms with van der Waals surface area (Å²) >= 11 is 0. The lowest BCUT2D eigenvalue weighted by Gasteiger charge is -2.32. The van der Waals surface area contributed by atoms with Crippen LogP contribution in [0.2, 0.25) is 0 Å². The number of hydrogen-bond acceptors (Lipinski definition) is 2. The van der Waals surface area contributed by atoms with E-state index in [1.54, 1.807) is 0 Å². The summed E-state index contributed by atoms with van der Waals surface area (Å²) in [5.41, 5.74) is -1.61. The van der Waals surface area contributed by atoms with Crippen molar-refractivity contribution in [2.24, 2.45) is 5.92 Å². The molecule has 122 valence electrons. The van der Waals surface area contributed by atoms with Gasteiger partial charge in [-0.15, -0.1) is 0 Å². The number of hydrogen-bond donors (Lipinski definition) is 2. The summed E-state index contributed by atoms with van der Waals surface area (Å²) in [5.74, 6) is 0.568. The molecule has 1 aliphatic heterocycles. The van der Waals surface area contributed by atoms with Gasteiger partial charge in [-0.05, 0) is 25.2 Å². The van der Waals surface area contributed by atoms with Gasteiger partial charge in [-0.2, -0.15) is 0 Å². The molecule has 0 radical (unpaired) electrons. The molecule has 0 aromatic heterocycles. The molecule has 0 unspecified atom stereocenters. The molecule has 0 aromatic rings. The maximum absolute atomic E-state index is 14.0. The number of rotatable bonds is 5. The van der Waals surface area contributed by atoms with Crippen molar-refractivity contribution in [1.82, 2.24) is 10.2 Å². The number of alkyl halides is 1. The number of likely N-dealkylation sites (tertiary alicyclic amines) is 1. The maximum atomic E-state index is 14.0. The molecule has 2 amide bonds. The Labute approximate surface area is 127 Å². The second-order valence-electron chi connectivity index (χ2n) is 6.72. The minimum atomic E-state index is -1.61. The third-order valence-electron chi connectivity index (χ3n) is 5.00. The standard InChI is InChI=1S/C16H29FN2O2/c1-2-6-14(13-7-4-3-5-8-13)18-15(21)19-10-9-16(17,11-19)12-20/h13-14,20H,2-12H2,1H3,(H,18,21)/t14-,16+/m0/s1. The summed E-state index contributed by atoms with van der Waals surface area (Å²) in [6, 6.07) is 0.0542. The average molecular weight is 300 g/mol. The molecule has 2 aliphatic rings. The zero-order valence-electron chi connectivity index (χ0n) is 13.1. The molecule has 0 bridgehead atoms. The van der Waals surface area contributed by atoms with E-state index in [0.29, 0.717) is 12.5 Å². The minimum absolute atomic E-state index is 0.0127. The van der Waals surface area contributed by atoms with Crippen LogP contribution in [0.5, 0.6) is 0 Å². The van der Waals surface area contributed by atoms with Crippen molar-refractivity contribution in [2.45, 2.75) is 70.0 Å². The number of halogens is 1. The first-order chi connectivity index (χ1) is 10.1. The summed E-state index contributed by atoms with van der Waals surface area (Å²) in [5, 5.41) is 12.2. The normalized spacial score (nSPS) is 28.6. The van der Waals surface area contributed by atoms with E-state index in [4.69, 9.17) is 5.11 Å². The van der Waals surface area contributed by atoms with Gasteiger partial charge in [0, 0.05) is 19.0 Å². The molecule has 2 atom stereocenters. The van der Waals surface area contributed by atoms with Crippen LogP contribution < -0.4 is 5.32 Å². The number of carbonyl (C=O) groups excluding carboxylic acids is 1. The van der Waals surface area contributed by atoms with Crippen molar-refractivity contribution in [3.05, 3.63) is 0 Å². The number of aliphatic hydroxyl groups is 1. The van der Waals surface area contributed by atoms with Crippen LogP contribution in [-0.4, -0.2) is 47.4 Å². The van der Waals surface area contributed by atoms with E-state index in [1.807, 2.05) is 0 Å². The van der Waals surface area contributed by atoms with Gasteiger partial charge in [0.05, 0.1) is 13.2 Å². The largest absolute Gasteiger partial charge is 0.393 e. The Balaban J connectivity index is 1.89. The lowest BCUT2D eigenvalue weighted by atomic mass is 9.82. The van der Waals surface area contributed by atoms with E-state index in [0.717, 1.165) is 12.8 Å². The summed E-state index contributed by atoms with van der Waals surface area (Å²) in [6.07, 6.45) is 8.46. The molecule has 2 fully saturated rings. The van der Waals surface area contributed by atoms with Crippen molar-refractivity contribution in [3.8, 4) is 0 Å². The van der Waals surface area contributed by atoms with E-state index >= 15 is 0 Å². The highest BCUT2D eigenvalue weighted by Gasteiger charge is 2.40. The molecule has 0 aromatic carbocycles. The van der Waals surface area contributed by atoms with Crippen LogP contribution >= 0.6 is 0 Å². The first-order valence-corrected chi connectivity index (χ1v) is 8.43. The van der Waals surface area contributed by atoms with E-state index < -0.39 is 12.3 Å². The number of nitrogens with zero attached hydrogens (tertiary/aromatic N) is 1. The maximum Gasteiger partial charge on any atom is 0.317 e. The molecule has 1 saturated carbocycles. The second kappa shape index (κ2) is 7.43. The van der Waals surface area contributed by atoms with Gasteiger partial charge in [0.2, 0.25) is 0 Å². The molecule has 0 spiro atoms. The number of nitrogens with one attached hydrogen (secondary N) is 1. The van der Waals surface area contributed by atoms with Crippen molar-refractivity contribution in [1.29, 1.82) is 0 Å². The van der Waals surface area contributed by atoms with E-state index in [2.05, 4.69) is 12.2 Å². The Bertz CT molecular complexity index is 347. The first-order valence-electron chi connectivity index (χ1n) is 8.43. The fourth-order valence-electron chi connectivity index (χ4n) is 3.66. The lowest BCUT2D eigenvalue weighted by Crippen LogP contribution is -2.48. The van der Waals surface area contributed by atoms with Gasteiger partial charge in [-0.1, -0.05) is 32.6 Å². The Kier molecular flexibility index (Phi) is 5.85. The van der Waals surface area contributed by atoms with E-state index in [9.17, 15) is 9.18 Å². The number of urea groups is 1. The molecule has 2 rings (SSSR count). The molecule has 2 N–H and O–H groups in total. The third-order valence-corrected chi connectivity index (χ3v) is 5.00. The minimum Gasteiger partial charge on any atom is -0.393 e. The van der Waals surface area contributed by atoms with Gasteiger partial charge >= 0.3 is 6.03 Å². The van der Waals surface area contributed by atoms with Crippen LogP contribution in [0.1, 0.15) is 58.3 Å². The fourth-order valence-corrected chi connectivity index (χ4v) is 3.66. The second-order valence-corrected chi connectivity index (χ2v) is 6.72. The monoisotopic (exact) mass is 300 g/mol. The topological polar surface area (TPSA) is 52.6 Å². The predicted octanol–water partition coefficient (Wildman–Crippen LogP) is 2.85. The van der Waals surface area contributed by atoms with Crippen molar-refractivity contribution in [2.75, 3.05) is 19.7 Å². The van der Waals surface area contributed by atoms with Crippen molar-refractivity contribution >= 4 is 6.03 Å². The van der Waals surface area contributed by atoms with Crippen molar-refractivity contribution in [3.63, 3.8) is 0 Å².